The van der Waals surface area contributed by atoms with Crippen molar-refractivity contribution in [3.63, 3.8) is 0 Å². The Balaban J connectivity index is 3.41. The Morgan fingerprint density at radius 1 is 1.29 bits per heavy atom. The molecule has 0 heterocycles. The first kappa shape index (κ1) is 13.5. The molecule has 0 aliphatic heterocycles. The van der Waals surface area contributed by atoms with E-state index in [9.17, 15) is 13.6 Å². The van der Waals surface area contributed by atoms with Crippen LogP contribution in [-0.2, 0) is 10.7 Å². The normalized spacial score (nSPS) is 11.1. The van der Waals surface area contributed by atoms with Crippen LogP contribution in [-0.4, -0.2) is 25.3 Å². The lowest BCUT2D eigenvalue weighted by molar-refractivity contribution is -0.166. The molecule has 0 aromatic heterocycles. The van der Waals surface area contributed by atoms with Crippen LogP contribution in [0.2, 0.25) is 5.02 Å². The highest BCUT2D eigenvalue weighted by atomic mass is 35.5. The monoisotopic (exact) mass is 266 g/mol. The van der Waals surface area contributed by atoms with Crippen LogP contribution in [0.4, 0.5) is 8.78 Å². The van der Waals surface area contributed by atoms with Crippen molar-refractivity contribution in [2.45, 2.75) is 5.92 Å². The van der Waals surface area contributed by atoms with Gasteiger partial charge in [0.1, 0.15) is 0 Å². The van der Waals surface area contributed by atoms with Gasteiger partial charge >= 0.3 is 11.9 Å². The summed E-state index contributed by atoms with van der Waals surface area (Å²) in [5.74, 6) is -6.25. The molecule has 0 saturated carbocycles. The Morgan fingerprint density at radius 2 is 1.76 bits per heavy atom. The molecular formula is C10H9ClF2O4. The molecule has 4 nitrogen and oxygen atoms in total. The van der Waals surface area contributed by atoms with Crippen molar-refractivity contribution in [3.05, 3.63) is 22.7 Å². The average Bonchev–Trinajstić information content (AvgIpc) is 2.27. The smallest absolute Gasteiger partial charge is 0.379 e. The minimum atomic E-state index is -4.09. The van der Waals surface area contributed by atoms with Gasteiger partial charge < -0.3 is 14.6 Å². The predicted molar refractivity (Wildman–Crippen MR) is 56.1 cm³/mol. The third-order valence-electron chi connectivity index (χ3n) is 2.08. The number of methoxy groups -OCH3 is 2. The predicted octanol–water partition coefficient (Wildman–Crippen LogP) is 2.53. The molecule has 0 radical (unpaired) electrons. The Labute approximate surface area is 101 Å². The summed E-state index contributed by atoms with van der Waals surface area (Å²) < 4.78 is 36.3. The van der Waals surface area contributed by atoms with Gasteiger partial charge in [-0.05, 0) is 6.07 Å². The standard InChI is InChI=1S/C10H9ClF2O4/c1-16-7-3-5(10(12,13)9(14)15)6(11)4-8(7)17-2/h3-4H,1-2H3,(H,14,15). The zero-order valence-electron chi connectivity index (χ0n) is 8.96. The van der Waals surface area contributed by atoms with Gasteiger partial charge in [-0.3, -0.25) is 0 Å². The van der Waals surface area contributed by atoms with Gasteiger partial charge in [-0.25, -0.2) is 4.79 Å². The minimum absolute atomic E-state index is 0.0205. The van der Waals surface area contributed by atoms with E-state index >= 15 is 0 Å². The van der Waals surface area contributed by atoms with E-state index < -0.39 is 22.5 Å². The fraction of sp³-hybridized carbons (Fsp3) is 0.300. The van der Waals surface area contributed by atoms with Gasteiger partial charge in [0.2, 0.25) is 0 Å². The Bertz CT molecular complexity index is 448. The van der Waals surface area contributed by atoms with Crippen LogP contribution < -0.4 is 9.47 Å². The van der Waals surface area contributed by atoms with E-state index in [0.717, 1.165) is 12.1 Å². The van der Waals surface area contributed by atoms with E-state index in [1.54, 1.807) is 0 Å². The molecule has 0 fully saturated rings. The van der Waals surface area contributed by atoms with E-state index in [1.807, 2.05) is 0 Å². The summed E-state index contributed by atoms with van der Waals surface area (Å²) in [6.07, 6.45) is 0. The zero-order valence-corrected chi connectivity index (χ0v) is 9.72. The highest BCUT2D eigenvalue weighted by molar-refractivity contribution is 6.32. The molecule has 0 unspecified atom stereocenters. The molecule has 0 aliphatic carbocycles. The molecule has 0 aliphatic rings. The first-order valence-electron chi connectivity index (χ1n) is 4.37. The zero-order chi connectivity index (χ0) is 13.2. The lowest BCUT2D eigenvalue weighted by atomic mass is 10.1. The number of aliphatic carboxylic acids is 1. The van der Waals surface area contributed by atoms with Gasteiger partial charge in [0, 0.05) is 6.07 Å². The van der Waals surface area contributed by atoms with Gasteiger partial charge in [0.05, 0.1) is 24.8 Å². The molecule has 0 spiro atoms. The molecule has 1 rings (SSSR count). The quantitative estimate of drug-likeness (QED) is 0.910. The topological polar surface area (TPSA) is 55.8 Å². The first-order chi connectivity index (χ1) is 7.84. The number of hydrogen-bond donors (Lipinski definition) is 1. The number of carbonyl (C=O) groups is 1. The molecule has 94 valence electrons. The number of rotatable bonds is 4. The lowest BCUT2D eigenvalue weighted by Crippen LogP contribution is -2.25. The molecule has 0 atom stereocenters. The van der Waals surface area contributed by atoms with Gasteiger partial charge in [-0.15, -0.1) is 0 Å². The van der Waals surface area contributed by atoms with E-state index in [0.29, 0.717) is 0 Å². The third-order valence-corrected chi connectivity index (χ3v) is 2.39. The summed E-state index contributed by atoms with van der Waals surface area (Å²) in [5.41, 5.74) is -0.843. The van der Waals surface area contributed by atoms with Crippen molar-refractivity contribution in [2.75, 3.05) is 14.2 Å². The van der Waals surface area contributed by atoms with E-state index in [4.69, 9.17) is 26.2 Å². The number of halogens is 3. The highest BCUT2D eigenvalue weighted by Crippen LogP contribution is 2.40. The fourth-order valence-electron chi connectivity index (χ4n) is 1.21. The van der Waals surface area contributed by atoms with Crippen LogP contribution in [0.1, 0.15) is 5.56 Å². The summed E-state index contributed by atoms with van der Waals surface area (Å²) in [4.78, 5) is 10.4. The molecule has 1 N–H and O–H groups in total. The van der Waals surface area contributed by atoms with E-state index in [2.05, 4.69) is 0 Å². The number of carboxylic acid groups (broad SMARTS) is 1. The van der Waals surface area contributed by atoms with Crippen molar-refractivity contribution in [1.29, 1.82) is 0 Å². The largest absolute Gasteiger partial charge is 0.493 e. The number of carboxylic acids is 1. The molecular weight excluding hydrogens is 258 g/mol. The third kappa shape index (κ3) is 2.41. The Kier molecular flexibility index (Phi) is 3.77. The molecule has 1 aromatic rings. The molecule has 0 bridgehead atoms. The van der Waals surface area contributed by atoms with E-state index in [1.165, 1.54) is 14.2 Å². The summed E-state index contributed by atoms with van der Waals surface area (Å²) in [6.45, 7) is 0. The van der Waals surface area contributed by atoms with Crippen molar-refractivity contribution in [1.82, 2.24) is 0 Å². The lowest BCUT2D eigenvalue weighted by Gasteiger charge is -2.16. The van der Waals surface area contributed by atoms with Crippen LogP contribution in [0.15, 0.2) is 12.1 Å². The fourth-order valence-corrected chi connectivity index (χ4v) is 1.48. The summed E-state index contributed by atoms with van der Waals surface area (Å²) in [5, 5.41) is 8.02. The van der Waals surface area contributed by atoms with Crippen molar-refractivity contribution >= 4 is 17.6 Å². The Hall–Kier alpha value is -1.56. The van der Waals surface area contributed by atoms with Crippen molar-refractivity contribution < 1.29 is 28.2 Å². The van der Waals surface area contributed by atoms with Gasteiger partial charge in [0.25, 0.3) is 0 Å². The number of ether oxygens (including phenoxy) is 2. The number of hydrogen-bond acceptors (Lipinski definition) is 3. The van der Waals surface area contributed by atoms with Crippen LogP contribution in [0, 0.1) is 0 Å². The molecule has 0 amide bonds. The van der Waals surface area contributed by atoms with Crippen LogP contribution in [0.25, 0.3) is 0 Å². The van der Waals surface area contributed by atoms with Crippen molar-refractivity contribution in [2.24, 2.45) is 0 Å². The second kappa shape index (κ2) is 4.75. The molecule has 7 heteroatoms. The summed E-state index contributed by atoms with van der Waals surface area (Å²) in [7, 11) is 2.55. The number of benzene rings is 1. The average molecular weight is 267 g/mol. The summed E-state index contributed by atoms with van der Waals surface area (Å²) >= 11 is 5.59. The molecule has 17 heavy (non-hydrogen) atoms. The Morgan fingerprint density at radius 3 is 2.18 bits per heavy atom. The minimum Gasteiger partial charge on any atom is -0.493 e. The van der Waals surface area contributed by atoms with Crippen LogP contribution in [0.5, 0.6) is 11.5 Å². The maximum Gasteiger partial charge on any atom is 0.379 e. The van der Waals surface area contributed by atoms with Gasteiger partial charge in [0.15, 0.2) is 11.5 Å². The molecule has 1 aromatic carbocycles. The van der Waals surface area contributed by atoms with Gasteiger partial charge in [-0.2, -0.15) is 8.78 Å². The second-order valence-electron chi connectivity index (χ2n) is 3.07. The van der Waals surface area contributed by atoms with Crippen LogP contribution >= 0.6 is 11.6 Å². The van der Waals surface area contributed by atoms with Gasteiger partial charge in [-0.1, -0.05) is 11.6 Å². The molecule has 0 saturated heterocycles. The maximum absolute atomic E-state index is 13.3. The number of alkyl halides is 2. The summed E-state index contributed by atoms with van der Waals surface area (Å²) in [6, 6.07) is 1.92. The maximum atomic E-state index is 13.3. The second-order valence-corrected chi connectivity index (χ2v) is 3.47. The highest BCUT2D eigenvalue weighted by Gasteiger charge is 2.43. The van der Waals surface area contributed by atoms with E-state index in [-0.39, 0.29) is 11.5 Å². The van der Waals surface area contributed by atoms with Crippen molar-refractivity contribution in [3.8, 4) is 11.5 Å². The first-order valence-corrected chi connectivity index (χ1v) is 4.75. The van der Waals surface area contributed by atoms with Crippen LogP contribution in [0.3, 0.4) is 0 Å². The SMILES string of the molecule is COc1cc(Cl)c(C(F)(F)C(=O)O)cc1OC.